The van der Waals surface area contributed by atoms with Crippen LogP contribution in [0.2, 0.25) is 0 Å². The number of hydrogen-bond acceptors (Lipinski definition) is 9. The van der Waals surface area contributed by atoms with Gasteiger partial charge in [0.15, 0.2) is 5.96 Å². The fraction of sp³-hybridized carbons (Fsp3) is 0.522. The van der Waals surface area contributed by atoms with Crippen LogP contribution < -0.4 is 33.2 Å². The number of phenolic OH excluding ortho intramolecular Hbond substituents is 1. The molecule has 0 aliphatic carbocycles. The van der Waals surface area contributed by atoms with Gasteiger partial charge < -0.3 is 43.4 Å². The maximum Gasteiger partial charge on any atom is 0.326 e. The highest BCUT2D eigenvalue weighted by molar-refractivity contribution is 7.98. The number of nitrogens with one attached hydrogen (secondary N) is 3. The van der Waals surface area contributed by atoms with Crippen LogP contribution in [0.15, 0.2) is 29.3 Å². The van der Waals surface area contributed by atoms with E-state index in [1.807, 2.05) is 6.26 Å². The van der Waals surface area contributed by atoms with Crippen molar-refractivity contribution in [3.05, 3.63) is 29.8 Å². The van der Waals surface area contributed by atoms with Gasteiger partial charge in [-0.3, -0.25) is 19.4 Å². The molecular formula is C23H37N7O6S2. The van der Waals surface area contributed by atoms with E-state index in [-0.39, 0.29) is 43.3 Å². The first-order valence-electron chi connectivity index (χ1n) is 11.8. The normalized spacial score (nSPS) is 13.9. The van der Waals surface area contributed by atoms with Gasteiger partial charge >= 0.3 is 5.97 Å². The molecule has 3 amide bonds. The molecule has 0 aromatic heterocycles. The molecule has 0 aliphatic heterocycles. The number of hydrogen-bond donors (Lipinski definition) is 9. The molecule has 13 nitrogen and oxygen atoms in total. The summed E-state index contributed by atoms with van der Waals surface area (Å²) in [4.78, 5) is 54.1. The standard InChI is InChI=1S/C23H37N7O6S2/c1-38-10-8-15(24)19(32)30-18(12-37)21(34)29-17(11-13-4-6-14(31)7-5-13)20(33)28-16(22(35)36)3-2-9-27-23(25)26/h4-7,15-18,31,37H,2-3,8-12,24H2,1H3,(H,28,33)(H,29,34)(H,30,32)(H,35,36)(H4,25,26,27). The van der Waals surface area contributed by atoms with Gasteiger partial charge in [-0.1, -0.05) is 12.1 Å². The summed E-state index contributed by atoms with van der Waals surface area (Å²) in [5.74, 6) is -2.75. The second kappa shape index (κ2) is 17.4. The fourth-order valence-electron chi connectivity index (χ4n) is 3.23. The van der Waals surface area contributed by atoms with Gasteiger partial charge in [0.1, 0.15) is 23.9 Å². The third-order valence-corrected chi connectivity index (χ3v) is 6.36. The SMILES string of the molecule is CSCCC(N)C(=O)NC(CS)C(=O)NC(Cc1ccc(O)cc1)C(=O)NC(CCCN=C(N)N)C(=O)O. The highest BCUT2D eigenvalue weighted by Crippen LogP contribution is 2.12. The van der Waals surface area contributed by atoms with Crippen molar-refractivity contribution in [2.75, 3.05) is 24.3 Å². The number of amides is 3. The van der Waals surface area contributed by atoms with Crippen LogP contribution in [-0.4, -0.2) is 88.3 Å². The van der Waals surface area contributed by atoms with Gasteiger partial charge in [0, 0.05) is 18.7 Å². The summed E-state index contributed by atoms with van der Waals surface area (Å²) in [5.41, 5.74) is 17.0. The summed E-state index contributed by atoms with van der Waals surface area (Å²) in [6.07, 6.45) is 2.61. The number of thioether (sulfide) groups is 1. The lowest BCUT2D eigenvalue weighted by atomic mass is 10.0. The van der Waals surface area contributed by atoms with E-state index in [1.165, 1.54) is 23.9 Å². The first kappa shape index (κ1) is 32.9. The molecule has 0 fully saturated rings. The maximum absolute atomic E-state index is 13.1. The number of nitrogens with zero attached hydrogens (tertiary/aromatic N) is 1. The molecule has 15 heteroatoms. The molecule has 1 aromatic carbocycles. The van der Waals surface area contributed by atoms with E-state index < -0.39 is 47.9 Å². The predicted molar refractivity (Wildman–Crippen MR) is 150 cm³/mol. The molecule has 38 heavy (non-hydrogen) atoms. The number of carbonyl (C=O) groups is 4. The van der Waals surface area contributed by atoms with Crippen molar-refractivity contribution in [1.82, 2.24) is 16.0 Å². The number of guanidine groups is 1. The Labute approximate surface area is 231 Å². The molecule has 4 atom stereocenters. The Morgan fingerprint density at radius 3 is 2.11 bits per heavy atom. The van der Waals surface area contributed by atoms with Gasteiger partial charge in [0.25, 0.3) is 0 Å². The summed E-state index contributed by atoms with van der Waals surface area (Å²) in [5, 5.41) is 26.7. The van der Waals surface area contributed by atoms with E-state index in [4.69, 9.17) is 17.2 Å². The monoisotopic (exact) mass is 571 g/mol. The largest absolute Gasteiger partial charge is 0.508 e. The van der Waals surface area contributed by atoms with Crippen molar-refractivity contribution in [2.24, 2.45) is 22.2 Å². The van der Waals surface area contributed by atoms with E-state index >= 15 is 0 Å². The number of carboxylic acid groups (broad SMARTS) is 1. The summed E-state index contributed by atoms with van der Waals surface area (Å²) >= 11 is 5.67. The van der Waals surface area contributed by atoms with Gasteiger partial charge in [0.05, 0.1) is 6.04 Å². The van der Waals surface area contributed by atoms with Crippen molar-refractivity contribution in [1.29, 1.82) is 0 Å². The molecule has 1 rings (SSSR count). The smallest absolute Gasteiger partial charge is 0.326 e. The third kappa shape index (κ3) is 12.4. The number of nitrogens with two attached hydrogens (primary N) is 3. The highest BCUT2D eigenvalue weighted by Gasteiger charge is 2.30. The Balaban J connectivity index is 3.01. The molecule has 0 aliphatic rings. The lowest BCUT2D eigenvalue weighted by Crippen LogP contribution is -2.58. The summed E-state index contributed by atoms with van der Waals surface area (Å²) in [6, 6.07) is 1.61. The number of benzene rings is 1. The summed E-state index contributed by atoms with van der Waals surface area (Å²) in [7, 11) is 0. The molecule has 0 spiro atoms. The van der Waals surface area contributed by atoms with Crippen LogP contribution in [0.1, 0.15) is 24.8 Å². The number of aliphatic imine (C=N–C) groups is 1. The lowest BCUT2D eigenvalue weighted by molar-refractivity contribution is -0.142. The number of phenols is 1. The summed E-state index contributed by atoms with van der Waals surface area (Å²) < 4.78 is 0. The number of rotatable bonds is 17. The van der Waals surface area contributed by atoms with Crippen molar-refractivity contribution in [3.8, 4) is 5.75 Å². The van der Waals surface area contributed by atoms with Gasteiger partial charge in [-0.25, -0.2) is 4.79 Å². The van der Waals surface area contributed by atoms with E-state index in [2.05, 4.69) is 33.6 Å². The Hall–Kier alpha value is -3.17. The van der Waals surface area contributed by atoms with Crippen molar-refractivity contribution < 1.29 is 29.4 Å². The third-order valence-electron chi connectivity index (χ3n) is 5.35. The second-order valence-electron chi connectivity index (χ2n) is 8.41. The molecule has 11 N–H and O–H groups in total. The van der Waals surface area contributed by atoms with Crippen LogP contribution in [0.5, 0.6) is 5.75 Å². The van der Waals surface area contributed by atoms with Crippen LogP contribution in [0, 0.1) is 0 Å². The average Bonchev–Trinajstić information content (AvgIpc) is 2.87. The topological polar surface area (TPSA) is 235 Å². The Morgan fingerprint density at radius 1 is 0.974 bits per heavy atom. The minimum atomic E-state index is -1.27. The number of aromatic hydroxyl groups is 1. The number of carbonyl (C=O) groups excluding carboxylic acids is 3. The van der Waals surface area contributed by atoms with E-state index in [0.717, 1.165) is 0 Å². The van der Waals surface area contributed by atoms with Crippen LogP contribution in [-0.2, 0) is 25.6 Å². The zero-order valence-electron chi connectivity index (χ0n) is 21.1. The van der Waals surface area contributed by atoms with Crippen LogP contribution in [0.25, 0.3) is 0 Å². The first-order chi connectivity index (χ1) is 18.0. The Morgan fingerprint density at radius 2 is 1.55 bits per heavy atom. The van der Waals surface area contributed by atoms with Crippen molar-refractivity contribution in [2.45, 2.75) is 49.9 Å². The van der Waals surface area contributed by atoms with Crippen molar-refractivity contribution in [3.63, 3.8) is 0 Å². The molecule has 212 valence electrons. The van der Waals surface area contributed by atoms with E-state index in [1.54, 1.807) is 12.1 Å². The van der Waals surface area contributed by atoms with Gasteiger partial charge in [0.2, 0.25) is 17.7 Å². The predicted octanol–water partition coefficient (Wildman–Crippen LogP) is -1.46. The molecule has 0 saturated heterocycles. The average molecular weight is 572 g/mol. The number of carboxylic acids is 1. The number of thiol groups is 1. The van der Waals surface area contributed by atoms with Gasteiger partial charge in [-0.2, -0.15) is 24.4 Å². The van der Waals surface area contributed by atoms with Crippen LogP contribution in [0.3, 0.4) is 0 Å². The maximum atomic E-state index is 13.1. The molecular weight excluding hydrogens is 534 g/mol. The minimum Gasteiger partial charge on any atom is -0.508 e. The lowest BCUT2D eigenvalue weighted by Gasteiger charge is -2.24. The molecule has 1 aromatic rings. The zero-order chi connectivity index (χ0) is 28.7. The van der Waals surface area contributed by atoms with Crippen LogP contribution in [0.4, 0.5) is 0 Å². The zero-order valence-corrected chi connectivity index (χ0v) is 22.8. The second-order valence-corrected chi connectivity index (χ2v) is 9.76. The van der Waals surface area contributed by atoms with Gasteiger partial charge in [-0.15, -0.1) is 0 Å². The Kier molecular flexibility index (Phi) is 15.0. The molecule has 0 heterocycles. The summed E-state index contributed by atoms with van der Waals surface area (Å²) in [6.45, 7) is 0.179. The fourth-order valence-corrected chi connectivity index (χ4v) is 3.98. The molecule has 0 radical (unpaired) electrons. The quantitative estimate of drug-likeness (QED) is 0.0456. The molecule has 0 bridgehead atoms. The van der Waals surface area contributed by atoms with Crippen LogP contribution >= 0.6 is 24.4 Å². The van der Waals surface area contributed by atoms with Crippen molar-refractivity contribution >= 4 is 54.0 Å². The minimum absolute atomic E-state index is 0.0150. The number of aliphatic carboxylic acids is 1. The van der Waals surface area contributed by atoms with E-state index in [9.17, 15) is 29.4 Å². The Bertz CT molecular complexity index is 960. The highest BCUT2D eigenvalue weighted by atomic mass is 32.2. The van der Waals surface area contributed by atoms with E-state index in [0.29, 0.717) is 17.7 Å². The van der Waals surface area contributed by atoms with Gasteiger partial charge in [-0.05, 0) is 49.0 Å². The first-order valence-corrected chi connectivity index (χ1v) is 13.8. The molecule has 0 saturated carbocycles. The molecule has 4 unspecified atom stereocenters.